The van der Waals surface area contributed by atoms with Crippen molar-refractivity contribution in [3.05, 3.63) is 23.8 Å². The van der Waals surface area contributed by atoms with E-state index >= 15 is 0 Å². The predicted octanol–water partition coefficient (Wildman–Crippen LogP) is 5.55. The maximum Gasteiger partial charge on any atom is 0.203 e. The van der Waals surface area contributed by atoms with Gasteiger partial charge in [0, 0.05) is 0 Å². The monoisotopic (exact) mass is 378 g/mol. The maximum absolute atomic E-state index is 5.97. The molecule has 4 heteroatoms. The van der Waals surface area contributed by atoms with Crippen molar-refractivity contribution in [1.29, 1.82) is 0 Å². The van der Waals surface area contributed by atoms with Crippen LogP contribution in [0.1, 0.15) is 57.4 Å². The molecule has 0 spiro atoms. The van der Waals surface area contributed by atoms with E-state index in [1.807, 2.05) is 12.1 Å². The summed E-state index contributed by atoms with van der Waals surface area (Å²) in [4.78, 5) is 0. The molecule has 4 nitrogen and oxygen atoms in total. The van der Waals surface area contributed by atoms with E-state index in [1.54, 1.807) is 14.2 Å². The normalized spacial score (nSPS) is 11.8. The average Bonchev–Trinajstić information content (AvgIpc) is 2.63. The summed E-state index contributed by atoms with van der Waals surface area (Å²) >= 11 is 0. The number of hydrogen-bond donors (Lipinski definition) is 0. The minimum absolute atomic E-state index is 0.689. The topological polar surface area (TPSA) is 27.7 Å². The highest BCUT2D eigenvalue weighted by Crippen LogP contribution is 2.39. The Morgan fingerprint density at radius 1 is 0.889 bits per heavy atom. The Morgan fingerprint density at radius 2 is 1.56 bits per heavy atom. The maximum atomic E-state index is 5.97. The van der Waals surface area contributed by atoms with Crippen molar-refractivity contribution >= 4 is 6.08 Å². The lowest BCUT2D eigenvalue weighted by molar-refractivity contribution is -0.870. The Balaban J connectivity index is 2.64. The molecule has 0 aliphatic heterocycles. The van der Waals surface area contributed by atoms with Crippen LogP contribution < -0.4 is 14.2 Å². The van der Waals surface area contributed by atoms with Crippen molar-refractivity contribution in [3.8, 4) is 17.2 Å². The van der Waals surface area contributed by atoms with Gasteiger partial charge < -0.3 is 18.7 Å². The molecule has 27 heavy (non-hydrogen) atoms. The lowest BCUT2D eigenvalue weighted by Gasteiger charge is -2.23. The summed E-state index contributed by atoms with van der Waals surface area (Å²) in [5.74, 6) is 2.17. The van der Waals surface area contributed by atoms with Crippen LogP contribution in [0.5, 0.6) is 17.2 Å². The van der Waals surface area contributed by atoms with Crippen molar-refractivity contribution in [1.82, 2.24) is 0 Å². The highest BCUT2D eigenvalue weighted by Gasteiger charge is 2.13. The van der Waals surface area contributed by atoms with Gasteiger partial charge in [-0.3, -0.25) is 0 Å². The number of quaternary nitrogens is 1. The number of unbranched alkanes of at least 4 members (excludes halogenated alkanes) is 5. The molecule has 0 N–H and O–H groups in total. The number of nitrogens with zero attached hydrogens (tertiary/aromatic N) is 1. The van der Waals surface area contributed by atoms with Crippen molar-refractivity contribution < 1.29 is 18.7 Å². The molecule has 0 aromatic heterocycles. The molecule has 0 atom stereocenters. The van der Waals surface area contributed by atoms with Crippen LogP contribution in [0.4, 0.5) is 0 Å². The Morgan fingerprint density at radius 3 is 2.11 bits per heavy atom. The first-order valence-electron chi connectivity index (χ1n) is 10.3. The van der Waals surface area contributed by atoms with E-state index < -0.39 is 0 Å². The van der Waals surface area contributed by atoms with Gasteiger partial charge in [-0.15, -0.1) is 0 Å². The molecule has 0 unspecified atom stereocenters. The molecule has 0 aliphatic carbocycles. The minimum Gasteiger partial charge on any atom is -0.493 e. The predicted molar refractivity (Wildman–Crippen MR) is 115 cm³/mol. The SMILES string of the molecule is CCCCCCOc1c(OC)cc(/C=C\CCCC[N+](C)(C)C)cc1OC. The van der Waals surface area contributed by atoms with Crippen LogP contribution in [0.2, 0.25) is 0 Å². The van der Waals surface area contributed by atoms with Crippen molar-refractivity contribution in [2.45, 2.75) is 51.9 Å². The van der Waals surface area contributed by atoms with Crippen molar-refractivity contribution in [3.63, 3.8) is 0 Å². The van der Waals surface area contributed by atoms with E-state index in [1.165, 1.54) is 38.6 Å². The summed E-state index contributed by atoms with van der Waals surface area (Å²) in [5.41, 5.74) is 1.08. The molecular formula is C23H40NO3+. The summed E-state index contributed by atoms with van der Waals surface area (Å²) < 4.78 is 18.1. The lowest BCUT2D eigenvalue weighted by Crippen LogP contribution is -2.35. The van der Waals surface area contributed by atoms with Crippen LogP contribution in [0.15, 0.2) is 18.2 Å². The van der Waals surface area contributed by atoms with Gasteiger partial charge in [-0.05, 0) is 43.4 Å². The fourth-order valence-electron chi connectivity index (χ4n) is 2.91. The van der Waals surface area contributed by atoms with Gasteiger partial charge in [-0.25, -0.2) is 0 Å². The van der Waals surface area contributed by atoms with E-state index in [4.69, 9.17) is 14.2 Å². The molecule has 0 saturated carbocycles. The van der Waals surface area contributed by atoms with Crippen LogP contribution in [0.3, 0.4) is 0 Å². The third kappa shape index (κ3) is 9.71. The standard InChI is InChI=1S/C23H40NO3/c1-7-8-9-14-17-27-23-21(25-5)18-20(19-22(23)26-6)15-12-10-11-13-16-24(2,3)4/h12,15,18-19H,7-11,13-14,16-17H2,1-6H3/q+1/b15-12-. The van der Waals surface area contributed by atoms with Gasteiger partial charge in [-0.2, -0.15) is 0 Å². The molecule has 154 valence electrons. The summed E-state index contributed by atoms with van der Waals surface area (Å²) in [6.07, 6.45) is 12.6. The Hall–Kier alpha value is -1.68. The number of rotatable bonds is 14. The number of methoxy groups -OCH3 is 2. The molecule has 0 bridgehead atoms. The Bertz CT molecular complexity index is 536. The molecule has 0 saturated heterocycles. The fraction of sp³-hybridized carbons (Fsp3) is 0.652. The summed E-state index contributed by atoms with van der Waals surface area (Å²) in [6, 6.07) is 4.04. The minimum atomic E-state index is 0.689. The first-order valence-corrected chi connectivity index (χ1v) is 10.3. The molecule has 1 aromatic rings. The van der Waals surface area contributed by atoms with E-state index in [0.29, 0.717) is 12.4 Å². The van der Waals surface area contributed by atoms with Gasteiger partial charge >= 0.3 is 0 Å². The van der Waals surface area contributed by atoms with E-state index in [2.05, 4.69) is 40.2 Å². The van der Waals surface area contributed by atoms with Gasteiger partial charge in [0.15, 0.2) is 11.5 Å². The Labute approximate surface area is 166 Å². The van der Waals surface area contributed by atoms with Gasteiger partial charge in [0.1, 0.15) is 0 Å². The van der Waals surface area contributed by atoms with Gasteiger partial charge in [0.2, 0.25) is 5.75 Å². The zero-order valence-electron chi connectivity index (χ0n) is 18.3. The van der Waals surface area contributed by atoms with Crippen molar-refractivity contribution in [2.24, 2.45) is 0 Å². The smallest absolute Gasteiger partial charge is 0.203 e. The second-order valence-corrected chi connectivity index (χ2v) is 8.08. The number of benzene rings is 1. The number of hydrogen-bond acceptors (Lipinski definition) is 3. The van der Waals surface area contributed by atoms with Gasteiger partial charge in [0.05, 0.1) is 48.5 Å². The molecule has 0 amide bonds. The van der Waals surface area contributed by atoms with Crippen LogP contribution in [-0.4, -0.2) is 53.0 Å². The summed E-state index contributed by atoms with van der Waals surface area (Å²) in [7, 11) is 10.1. The quantitative estimate of drug-likeness (QED) is 0.314. The van der Waals surface area contributed by atoms with Gasteiger partial charge in [-0.1, -0.05) is 38.3 Å². The van der Waals surface area contributed by atoms with Crippen molar-refractivity contribution in [2.75, 3.05) is 48.5 Å². The highest BCUT2D eigenvalue weighted by atomic mass is 16.5. The van der Waals surface area contributed by atoms with Crippen LogP contribution >= 0.6 is 0 Å². The number of allylic oxidation sites excluding steroid dienone is 1. The van der Waals surface area contributed by atoms with Crippen LogP contribution in [0, 0.1) is 0 Å². The summed E-state index contributed by atoms with van der Waals surface area (Å²) in [5, 5.41) is 0. The van der Waals surface area contributed by atoms with E-state index in [9.17, 15) is 0 Å². The lowest BCUT2D eigenvalue weighted by atomic mass is 10.1. The third-order valence-corrected chi connectivity index (χ3v) is 4.49. The zero-order valence-corrected chi connectivity index (χ0v) is 18.3. The average molecular weight is 379 g/mol. The largest absolute Gasteiger partial charge is 0.493 e. The first kappa shape index (κ1) is 23.4. The molecule has 1 rings (SSSR count). The fourth-order valence-corrected chi connectivity index (χ4v) is 2.91. The molecule has 1 aromatic carbocycles. The van der Waals surface area contributed by atoms with Crippen LogP contribution in [-0.2, 0) is 0 Å². The van der Waals surface area contributed by atoms with E-state index in [0.717, 1.165) is 34.4 Å². The molecule has 0 radical (unpaired) electrons. The van der Waals surface area contributed by atoms with Crippen LogP contribution in [0.25, 0.3) is 6.08 Å². The molecule has 0 aliphatic rings. The summed E-state index contributed by atoms with van der Waals surface area (Å²) in [6.45, 7) is 4.11. The molecule has 0 heterocycles. The highest BCUT2D eigenvalue weighted by molar-refractivity contribution is 5.62. The Kier molecular flexibility index (Phi) is 11.0. The van der Waals surface area contributed by atoms with E-state index in [-0.39, 0.29) is 0 Å². The number of ether oxygens (including phenoxy) is 3. The molecule has 0 fully saturated rings. The first-order chi connectivity index (χ1) is 12.9. The third-order valence-electron chi connectivity index (χ3n) is 4.49. The zero-order chi connectivity index (χ0) is 20.1. The van der Waals surface area contributed by atoms with Gasteiger partial charge in [0.25, 0.3) is 0 Å². The second kappa shape index (κ2) is 12.7. The second-order valence-electron chi connectivity index (χ2n) is 8.08. The molecular weight excluding hydrogens is 338 g/mol.